The lowest BCUT2D eigenvalue weighted by atomic mass is 9.76. The quantitative estimate of drug-likeness (QED) is 0.873. The number of hydrogen-bond donors (Lipinski definition) is 2. The largest absolute Gasteiger partial charge is 0.316 e. The molecule has 1 amide bonds. The van der Waals surface area contributed by atoms with Crippen LogP contribution in [0.3, 0.4) is 0 Å². The molecule has 6 nitrogen and oxygen atoms in total. The Balaban J connectivity index is 2.13. The van der Waals surface area contributed by atoms with E-state index in [9.17, 15) is 4.79 Å². The Hall–Kier alpha value is -1.56. The lowest BCUT2D eigenvalue weighted by molar-refractivity contribution is -0.127. The molecule has 0 bridgehead atoms. The molecule has 1 saturated heterocycles. The molecular weight excluding hydrogens is 254 g/mol. The minimum Gasteiger partial charge on any atom is -0.316 e. The minimum absolute atomic E-state index is 0.0107. The molecule has 2 N–H and O–H groups in total. The van der Waals surface area contributed by atoms with Crippen molar-refractivity contribution >= 4 is 11.9 Å². The summed E-state index contributed by atoms with van der Waals surface area (Å²) < 4.78 is 0. The molecule has 1 fully saturated rings. The molecule has 0 spiro atoms. The molecule has 0 radical (unpaired) electrons. The van der Waals surface area contributed by atoms with E-state index in [0.717, 1.165) is 50.2 Å². The Morgan fingerprint density at radius 3 is 2.75 bits per heavy atom. The smallest absolute Gasteiger partial charge is 0.249 e. The zero-order valence-electron chi connectivity index (χ0n) is 12.5. The van der Waals surface area contributed by atoms with Crippen LogP contribution in [0.4, 0.5) is 5.95 Å². The fourth-order valence-corrected chi connectivity index (χ4v) is 2.71. The van der Waals surface area contributed by atoms with E-state index in [1.165, 1.54) is 0 Å². The number of piperidine rings is 1. The third-order valence-corrected chi connectivity index (χ3v) is 4.00. The lowest BCUT2D eigenvalue weighted by Crippen LogP contribution is -2.48. The number of carbonyl (C=O) groups excluding carboxylic acids is 1. The van der Waals surface area contributed by atoms with E-state index < -0.39 is 0 Å². The molecule has 0 saturated carbocycles. The fourth-order valence-electron chi connectivity index (χ4n) is 2.71. The molecule has 110 valence electrons. The average Bonchev–Trinajstić information content (AvgIpc) is 2.44. The van der Waals surface area contributed by atoms with Crippen molar-refractivity contribution in [2.75, 3.05) is 18.4 Å². The number of aromatic nitrogens is 3. The van der Waals surface area contributed by atoms with Crippen molar-refractivity contribution in [3.63, 3.8) is 0 Å². The van der Waals surface area contributed by atoms with Gasteiger partial charge in [-0.3, -0.25) is 10.1 Å². The number of hydrogen-bond acceptors (Lipinski definition) is 5. The maximum Gasteiger partial charge on any atom is 0.249 e. The van der Waals surface area contributed by atoms with E-state index in [-0.39, 0.29) is 11.3 Å². The summed E-state index contributed by atoms with van der Waals surface area (Å²) in [6, 6.07) is 0. The molecule has 20 heavy (non-hydrogen) atoms. The monoisotopic (exact) mass is 277 g/mol. The maximum absolute atomic E-state index is 12.6. The van der Waals surface area contributed by atoms with Crippen LogP contribution in [0.5, 0.6) is 0 Å². The maximum atomic E-state index is 12.6. The SMILES string of the molecule is CCCC1(C(=O)Nc2nnc(C)c(C)n2)CCCNC1. The third-order valence-electron chi connectivity index (χ3n) is 4.00. The first-order valence-corrected chi connectivity index (χ1v) is 7.27. The van der Waals surface area contributed by atoms with Gasteiger partial charge in [0, 0.05) is 6.54 Å². The average molecular weight is 277 g/mol. The molecule has 0 aliphatic carbocycles. The number of nitrogens with zero attached hydrogens (tertiary/aromatic N) is 3. The van der Waals surface area contributed by atoms with Crippen LogP contribution in [0.1, 0.15) is 44.0 Å². The summed E-state index contributed by atoms with van der Waals surface area (Å²) >= 11 is 0. The van der Waals surface area contributed by atoms with Gasteiger partial charge in [-0.1, -0.05) is 13.3 Å². The van der Waals surface area contributed by atoms with E-state index in [1.54, 1.807) is 0 Å². The van der Waals surface area contributed by atoms with Crippen molar-refractivity contribution in [2.45, 2.75) is 46.5 Å². The number of rotatable bonds is 4. The van der Waals surface area contributed by atoms with Crippen LogP contribution in [0.2, 0.25) is 0 Å². The first-order valence-electron chi connectivity index (χ1n) is 7.27. The Morgan fingerprint density at radius 1 is 1.35 bits per heavy atom. The number of anilines is 1. The number of carbonyl (C=O) groups is 1. The number of nitrogens with one attached hydrogen (secondary N) is 2. The highest BCUT2D eigenvalue weighted by atomic mass is 16.2. The van der Waals surface area contributed by atoms with Crippen molar-refractivity contribution in [1.82, 2.24) is 20.5 Å². The van der Waals surface area contributed by atoms with E-state index in [1.807, 2.05) is 13.8 Å². The first-order chi connectivity index (χ1) is 9.57. The van der Waals surface area contributed by atoms with E-state index in [0.29, 0.717) is 5.95 Å². The van der Waals surface area contributed by atoms with Crippen LogP contribution in [0.25, 0.3) is 0 Å². The van der Waals surface area contributed by atoms with Gasteiger partial charge in [-0.25, -0.2) is 4.98 Å². The zero-order valence-corrected chi connectivity index (χ0v) is 12.5. The molecule has 2 rings (SSSR count). The normalized spacial score (nSPS) is 22.6. The second-order valence-corrected chi connectivity index (χ2v) is 5.57. The van der Waals surface area contributed by atoms with Crippen molar-refractivity contribution in [3.8, 4) is 0 Å². The molecule has 6 heteroatoms. The summed E-state index contributed by atoms with van der Waals surface area (Å²) in [5, 5.41) is 14.1. The standard InChI is InChI=1S/C14H23N5O/c1-4-6-14(7-5-8-15-9-14)12(20)17-13-16-10(2)11(3)18-19-13/h15H,4-9H2,1-3H3,(H,16,17,19,20). The van der Waals surface area contributed by atoms with Gasteiger partial charge in [0.15, 0.2) is 0 Å². The Bertz CT molecular complexity index is 477. The van der Waals surface area contributed by atoms with Crippen molar-refractivity contribution in [1.29, 1.82) is 0 Å². The summed E-state index contributed by atoms with van der Waals surface area (Å²) in [7, 11) is 0. The van der Waals surface area contributed by atoms with Crippen LogP contribution in [0, 0.1) is 19.3 Å². The van der Waals surface area contributed by atoms with Gasteiger partial charge in [0.2, 0.25) is 11.9 Å². The van der Waals surface area contributed by atoms with Crippen LogP contribution in [-0.4, -0.2) is 34.2 Å². The topological polar surface area (TPSA) is 79.8 Å². The molecular formula is C14H23N5O. The summed E-state index contributed by atoms with van der Waals surface area (Å²) in [5.74, 6) is 0.316. The molecule has 1 aliphatic rings. The third kappa shape index (κ3) is 3.12. The van der Waals surface area contributed by atoms with Gasteiger partial charge in [-0.15, -0.1) is 5.10 Å². The summed E-state index contributed by atoms with van der Waals surface area (Å²) in [6.45, 7) is 7.54. The summed E-state index contributed by atoms with van der Waals surface area (Å²) in [5.41, 5.74) is 1.24. The van der Waals surface area contributed by atoms with Crippen molar-refractivity contribution < 1.29 is 4.79 Å². The zero-order chi connectivity index (χ0) is 14.6. The highest BCUT2D eigenvalue weighted by molar-refractivity contribution is 5.94. The first kappa shape index (κ1) is 14.8. The molecule has 2 heterocycles. The van der Waals surface area contributed by atoms with Crippen LogP contribution in [0.15, 0.2) is 0 Å². The second-order valence-electron chi connectivity index (χ2n) is 5.57. The molecule has 1 aromatic heterocycles. The molecule has 0 aromatic carbocycles. The molecule has 1 aliphatic heterocycles. The van der Waals surface area contributed by atoms with Crippen LogP contribution in [-0.2, 0) is 4.79 Å². The molecule has 1 aromatic rings. The van der Waals surface area contributed by atoms with Gasteiger partial charge < -0.3 is 5.32 Å². The van der Waals surface area contributed by atoms with Gasteiger partial charge in [0.05, 0.1) is 16.8 Å². The Labute approximate surface area is 119 Å². The Kier molecular flexibility index (Phi) is 4.65. The number of aryl methyl sites for hydroxylation is 2. The van der Waals surface area contributed by atoms with Crippen LogP contribution >= 0.6 is 0 Å². The minimum atomic E-state index is -0.338. The van der Waals surface area contributed by atoms with E-state index in [4.69, 9.17) is 0 Å². The number of amides is 1. The molecule has 1 unspecified atom stereocenters. The lowest BCUT2D eigenvalue weighted by Gasteiger charge is -2.35. The summed E-state index contributed by atoms with van der Waals surface area (Å²) in [6.07, 6.45) is 3.81. The highest BCUT2D eigenvalue weighted by Crippen LogP contribution is 2.32. The van der Waals surface area contributed by atoms with Crippen LogP contribution < -0.4 is 10.6 Å². The van der Waals surface area contributed by atoms with Gasteiger partial charge in [0.25, 0.3) is 0 Å². The van der Waals surface area contributed by atoms with E-state index >= 15 is 0 Å². The predicted molar refractivity (Wildman–Crippen MR) is 77.4 cm³/mol. The van der Waals surface area contributed by atoms with Crippen molar-refractivity contribution in [2.24, 2.45) is 5.41 Å². The molecule has 1 atom stereocenters. The van der Waals surface area contributed by atoms with Gasteiger partial charge in [0.1, 0.15) is 0 Å². The van der Waals surface area contributed by atoms with Crippen molar-refractivity contribution in [3.05, 3.63) is 11.4 Å². The summed E-state index contributed by atoms with van der Waals surface area (Å²) in [4.78, 5) is 16.9. The van der Waals surface area contributed by atoms with E-state index in [2.05, 4.69) is 32.7 Å². The Morgan fingerprint density at radius 2 is 2.15 bits per heavy atom. The second kappa shape index (κ2) is 6.26. The fraction of sp³-hybridized carbons (Fsp3) is 0.714. The highest BCUT2D eigenvalue weighted by Gasteiger charge is 2.39. The van der Waals surface area contributed by atoms with Gasteiger partial charge in [-0.2, -0.15) is 5.10 Å². The van der Waals surface area contributed by atoms with Gasteiger partial charge in [-0.05, 0) is 39.7 Å². The predicted octanol–water partition coefficient (Wildman–Crippen LogP) is 1.60. The van der Waals surface area contributed by atoms with Gasteiger partial charge >= 0.3 is 0 Å².